The zero-order chi connectivity index (χ0) is 19.1. The maximum atomic E-state index is 12.1. The van der Waals surface area contributed by atoms with Crippen LogP contribution in [-0.2, 0) is 16.0 Å². The van der Waals surface area contributed by atoms with E-state index >= 15 is 0 Å². The minimum atomic E-state index is -0.325. The average molecular weight is 355 g/mol. The van der Waals surface area contributed by atoms with Gasteiger partial charge in [0.15, 0.2) is 0 Å². The first kappa shape index (κ1) is 19.3. The number of nitrogens with one attached hydrogen (secondary N) is 3. The highest BCUT2D eigenvalue weighted by atomic mass is 16.5. The van der Waals surface area contributed by atoms with E-state index in [1.165, 1.54) is 0 Å². The van der Waals surface area contributed by atoms with Crippen molar-refractivity contribution in [2.24, 2.45) is 0 Å². The number of aryl methyl sites for hydroxylation is 3. The lowest BCUT2D eigenvalue weighted by molar-refractivity contribution is -0.127. The van der Waals surface area contributed by atoms with Crippen LogP contribution in [0.2, 0.25) is 0 Å². The van der Waals surface area contributed by atoms with E-state index < -0.39 is 0 Å². The van der Waals surface area contributed by atoms with Crippen molar-refractivity contribution in [3.05, 3.63) is 58.7 Å². The van der Waals surface area contributed by atoms with Gasteiger partial charge in [-0.1, -0.05) is 35.4 Å². The summed E-state index contributed by atoms with van der Waals surface area (Å²) in [7, 11) is 1.56. The van der Waals surface area contributed by atoms with E-state index in [9.17, 15) is 9.59 Å². The molecule has 0 unspecified atom stereocenters. The van der Waals surface area contributed by atoms with Crippen molar-refractivity contribution >= 4 is 17.5 Å². The number of hydrazine groups is 1. The minimum Gasteiger partial charge on any atom is -0.496 e. The van der Waals surface area contributed by atoms with Crippen LogP contribution in [0.4, 0.5) is 5.69 Å². The van der Waals surface area contributed by atoms with Crippen LogP contribution in [0.5, 0.6) is 5.75 Å². The van der Waals surface area contributed by atoms with Gasteiger partial charge in [-0.3, -0.25) is 20.4 Å². The van der Waals surface area contributed by atoms with Crippen molar-refractivity contribution in [2.45, 2.75) is 27.2 Å². The Morgan fingerprint density at radius 2 is 1.58 bits per heavy atom. The van der Waals surface area contributed by atoms with E-state index in [1.54, 1.807) is 7.11 Å². The number of anilines is 1. The molecule has 26 heavy (non-hydrogen) atoms. The number of carbonyl (C=O) groups excluding carboxylic acids is 2. The molecule has 0 aromatic heterocycles. The largest absolute Gasteiger partial charge is 0.496 e. The van der Waals surface area contributed by atoms with Gasteiger partial charge >= 0.3 is 0 Å². The van der Waals surface area contributed by atoms with Crippen LogP contribution in [0.15, 0.2) is 36.4 Å². The standard InChI is InChI=1S/C20H25N3O3/c1-13-5-7-17(15(3)9-13)21-12-20(25)23-22-19(24)11-16-10-14(2)6-8-18(16)26-4/h5-10,21H,11-12H2,1-4H3,(H,22,24)(H,23,25). The van der Waals surface area contributed by atoms with Gasteiger partial charge in [-0.05, 0) is 38.5 Å². The summed E-state index contributed by atoms with van der Waals surface area (Å²) < 4.78 is 5.26. The molecule has 0 aliphatic carbocycles. The smallest absolute Gasteiger partial charge is 0.257 e. The highest BCUT2D eigenvalue weighted by Crippen LogP contribution is 2.20. The van der Waals surface area contributed by atoms with Crippen LogP contribution in [0.25, 0.3) is 0 Å². The maximum absolute atomic E-state index is 12.1. The first-order chi connectivity index (χ1) is 12.4. The third-order valence-electron chi connectivity index (χ3n) is 3.95. The quantitative estimate of drug-likeness (QED) is 0.696. The molecule has 0 saturated heterocycles. The van der Waals surface area contributed by atoms with E-state index in [-0.39, 0.29) is 24.8 Å². The molecule has 0 aliphatic rings. The Kier molecular flexibility index (Phi) is 6.60. The summed E-state index contributed by atoms with van der Waals surface area (Å²) in [5.74, 6) is 0.0110. The lowest BCUT2D eigenvalue weighted by Crippen LogP contribution is -2.44. The lowest BCUT2D eigenvalue weighted by atomic mass is 10.1. The number of rotatable bonds is 6. The van der Waals surface area contributed by atoms with Crippen LogP contribution >= 0.6 is 0 Å². The fraction of sp³-hybridized carbons (Fsp3) is 0.300. The van der Waals surface area contributed by atoms with Crippen LogP contribution in [-0.4, -0.2) is 25.5 Å². The van der Waals surface area contributed by atoms with Crippen LogP contribution < -0.4 is 20.9 Å². The van der Waals surface area contributed by atoms with Crippen LogP contribution in [0.3, 0.4) is 0 Å². The Labute approximate surface area is 153 Å². The summed E-state index contributed by atoms with van der Waals surface area (Å²) >= 11 is 0. The van der Waals surface area contributed by atoms with Gasteiger partial charge in [0.2, 0.25) is 5.91 Å². The first-order valence-electron chi connectivity index (χ1n) is 8.41. The molecular formula is C20H25N3O3. The molecule has 0 heterocycles. The van der Waals surface area contributed by atoms with Gasteiger partial charge in [-0.15, -0.1) is 0 Å². The fourth-order valence-electron chi connectivity index (χ4n) is 2.63. The molecular weight excluding hydrogens is 330 g/mol. The highest BCUT2D eigenvalue weighted by molar-refractivity contribution is 5.85. The van der Waals surface area contributed by atoms with Crippen LogP contribution in [0, 0.1) is 20.8 Å². The molecule has 0 fully saturated rings. The molecule has 0 saturated carbocycles. The lowest BCUT2D eigenvalue weighted by Gasteiger charge is -2.12. The number of methoxy groups -OCH3 is 1. The Hall–Kier alpha value is -3.02. The molecule has 2 aromatic rings. The minimum absolute atomic E-state index is 0.0674. The second-order valence-corrected chi connectivity index (χ2v) is 6.26. The summed E-state index contributed by atoms with van der Waals surface area (Å²) in [6.07, 6.45) is 0.121. The predicted octanol–water partition coefficient (Wildman–Crippen LogP) is 2.42. The molecule has 2 aromatic carbocycles. The second kappa shape index (κ2) is 8.89. The van der Waals surface area contributed by atoms with Crippen molar-refractivity contribution in [1.82, 2.24) is 10.9 Å². The predicted molar refractivity (Wildman–Crippen MR) is 102 cm³/mol. The molecule has 6 nitrogen and oxygen atoms in total. The van der Waals surface area contributed by atoms with Gasteiger partial charge < -0.3 is 10.1 Å². The Morgan fingerprint density at radius 3 is 2.27 bits per heavy atom. The van der Waals surface area contributed by atoms with Gasteiger partial charge in [0, 0.05) is 11.3 Å². The third-order valence-corrected chi connectivity index (χ3v) is 3.95. The second-order valence-electron chi connectivity index (χ2n) is 6.26. The Morgan fingerprint density at radius 1 is 0.923 bits per heavy atom. The molecule has 3 N–H and O–H groups in total. The number of carbonyl (C=O) groups is 2. The molecule has 0 radical (unpaired) electrons. The van der Waals surface area contributed by atoms with Crippen molar-refractivity contribution < 1.29 is 14.3 Å². The summed E-state index contributed by atoms with van der Waals surface area (Å²) in [6.45, 7) is 6.01. The van der Waals surface area contributed by atoms with E-state index in [2.05, 4.69) is 16.2 Å². The molecule has 0 aliphatic heterocycles. The molecule has 0 atom stereocenters. The van der Waals surface area contributed by atoms with Gasteiger partial charge in [-0.25, -0.2) is 0 Å². The Bertz CT molecular complexity index is 803. The van der Waals surface area contributed by atoms with Gasteiger partial charge in [0.1, 0.15) is 5.75 Å². The van der Waals surface area contributed by atoms with Crippen LogP contribution in [0.1, 0.15) is 22.3 Å². The summed E-state index contributed by atoms with van der Waals surface area (Å²) in [6, 6.07) is 11.6. The number of hydrogen-bond donors (Lipinski definition) is 3. The summed E-state index contributed by atoms with van der Waals surface area (Å²) in [5, 5.41) is 3.06. The zero-order valence-corrected chi connectivity index (χ0v) is 15.6. The number of benzene rings is 2. The van der Waals surface area contributed by atoms with Gasteiger partial charge in [-0.2, -0.15) is 0 Å². The molecule has 138 valence electrons. The highest BCUT2D eigenvalue weighted by Gasteiger charge is 2.10. The van der Waals surface area contributed by atoms with E-state index in [0.29, 0.717) is 5.75 Å². The number of hydrogen-bond acceptors (Lipinski definition) is 4. The molecule has 2 amide bonds. The Balaban J connectivity index is 1.81. The topological polar surface area (TPSA) is 79.5 Å². The fourth-order valence-corrected chi connectivity index (χ4v) is 2.63. The van der Waals surface area contributed by atoms with Crippen molar-refractivity contribution in [3.8, 4) is 5.75 Å². The SMILES string of the molecule is COc1ccc(C)cc1CC(=O)NNC(=O)CNc1ccc(C)cc1C. The molecule has 0 spiro atoms. The third kappa shape index (κ3) is 5.51. The monoisotopic (exact) mass is 355 g/mol. The van der Waals surface area contributed by atoms with E-state index in [1.807, 2.05) is 57.2 Å². The van der Waals surface area contributed by atoms with Gasteiger partial charge in [0.25, 0.3) is 5.91 Å². The van der Waals surface area contributed by atoms with E-state index in [4.69, 9.17) is 4.74 Å². The summed E-state index contributed by atoms with van der Waals surface area (Å²) in [4.78, 5) is 24.0. The maximum Gasteiger partial charge on any atom is 0.257 e. The normalized spacial score (nSPS) is 10.2. The number of ether oxygens (including phenoxy) is 1. The average Bonchev–Trinajstić information content (AvgIpc) is 2.59. The van der Waals surface area contributed by atoms with E-state index in [0.717, 1.165) is 27.9 Å². The van der Waals surface area contributed by atoms with Crippen molar-refractivity contribution in [3.63, 3.8) is 0 Å². The zero-order valence-electron chi connectivity index (χ0n) is 15.6. The number of amides is 2. The van der Waals surface area contributed by atoms with Crippen molar-refractivity contribution in [2.75, 3.05) is 19.0 Å². The molecule has 2 rings (SSSR count). The summed E-state index contributed by atoms with van der Waals surface area (Å²) in [5.41, 5.74) is 9.77. The first-order valence-corrected chi connectivity index (χ1v) is 8.41. The van der Waals surface area contributed by atoms with Gasteiger partial charge in [0.05, 0.1) is 20.1 Å². The molecule has 6 heteroatoms. The van der Waals surface area contributed by atoms with Crippen molar-refractivity contribution in [1.29, 1.82) is 0 Å². The molecule has 0 bridgehead atoms.